The lowest BCUT2D eigenvalue weighted by Crippen LogP contribution is -2.30. The van der Waals surface area contributed by atoms with E-state index >= 15 is 0 Å². The summed E-state index contributed by atoms with van der Waals surface area (Å²) in [5.41, 5.74) is 0.571. The van der Waals surface area contributed by atoms with Gasteiger partial charge in [0.05, 0.1) is 5.92 Å². The summed E-state index contributed by atoms with van der Waals surface area (Å²) in [6, 6.07) is 5.80. The Bertz CT molecular complexity index is 560. The molecule has 1 aromatic carbocycles. The van der Waals surface area contributed by atoms with Gasteiger partial charge in [0.15, 0.2) is 0 Å². The number of carboxylic acids is 1. The number of carbonyl (C=O) groups excluding carboxylic acids is 1. The number of aliphatic carboxylic acids is 1. The molecule has 2 atom stereocenters. The molecule has 6 heteroatoms. The zero-order valence-electron chi connectivity index (χ0n) is 11.4. The second kappa shape index (κ2) is 6.39. The van der Waals surface area contributed by atoms with Crippen molar-refractivity contribution in [1.82, 2.24) is 4.90 Å². The van der Waals surface area contributed by atoms with E-state index in [2.05, 4.69) is 6.58 Å². The number of nitrogens with zero attached hydrogens (tertiary/aromatic N) is 1. The highest BCUT2D eigenvalue weighted by atomic mass is 19.1. The van der Waals surface area contributed by atoms with Crippen LogP contribution >= 0.6 is 0 Å². The average Bonchev–Trinajstić information content (AvgIpc) is 2.90. The first-order valence-corrected chi connectivity index (χ1v) is 6.53. The highest BCUT2D eigenvalue weighted by Gasteiger charge is 2.41. The first-order chi connectivity index (χ1) is 10.0. The lowest BCUT2D eigenvalue weighted by Gasteiger charge is -2.15. The third-order valence-corrected chi connectivity index (χ3v) is 3.50. The van der Waals surface area contributed by atoms with Crippen LogP contribution in [-0.2, 0) is 9.53 Å². The van der Waals surface area contributed by atoms with Crippen LogP contribution in [0.3, 0.4) is 0 Å². The third kappa shape index (κ3) is 3.39. The molecular weight excluding hydrogens is 277 g/mol. The molecule has 0 bridgehead atoms. The Hall–Kier alpha value is -2.37. The number of hydrogen-bond acceptors (Lipinski definition) is 3. The molecule has 0 saturated carbocycles. The van der Waals surface area contributed by atoms with Gasteiger partial charge in [-0.1, -0.05) is 24.8 Å². The minimum atomic E-state index is -1.01. The summed E-state index contributed by atoms with van der Waals surface area (Å²) in [7, 11) is 0. The van der Waals surface area contributed by atoms with Gasteiger partial charge in [0.1, 0.15) is 12.4 Å². The molecule has 0 radical (unpaired) electrons. The number of amides is 1. The Balaban J connectivity index is 2.18. The Labute approximate surface area is 121 Å². The number of ether oxygens (including phenoxy) is 1. The van der Waals surface area contributed by atoms with Crippen LogP contribution in [0.5, 0.6) is 0 Å². The van der Waals surface area contributed by atoms with Gasteiger partial charge in [-0.2, -0.15) is 0 Å². The fraction of sp³-hybridized carbons (Fsp3) is 0.333. The van der Waals surface area contributed by atoms with Gasteiger partial charge in [0.25, 0.3) is 0 Å². The van der Waals surface area contributed by atoms with E-state index in [1.807, 2.05) is 0 Å². The SMILES string of the molecule is C=CCOC(=O)N1C[C@@H](C(=O)O)[C@H](c2cccc(F)c2)C1. The van der Waals surface area contributed by atoms with Crippen molar-refractivity contribution in [2.45, 2.75) is 5.92 Å². The van der Waals surface area contributed by atoms with Crippen molar-refractivity contribution in [3.63, 3.8) is 0 Å². The van der Waals surface area contributed by atoms with Crippen LogP contribution in [0, 0.1) is 11.7 Å². The average molecular weight is 293 g/mol. The molecule has 1 amide bonds. The summed E-state index contributed by atoms with van der Waals surface area (Å²) < 4.78 is 18.2. The first-order valence-electron chi connectivity index (χ1n) is 6.53. The Kier molecular flexibility index (Phi) is 4.57. The number of rotatable bonds is 4. The van der Waals surface area contributed by atoms with Crippen LogP contribution < -0.4 is 0 Å². The molecule has 2 rings (SSSR count). The molecule has 0 aliphatic carbocycles. The monoisotopic (exact) mass is 293 g/mol. The summed E-state index contributed by atoms with van der Waals surface area (Å²) in [5.74, 6) is -2.66. The zero-order chi connectivity index (χ0) is 15.4. The van der Waals surface area contributed by atoms with Crippen LogP contribution in [0.15, 0.2) is 36.9 Å². The van der Waals surface area contributed by atoms with Crippen molar-refractivity contribution in [2.75, 3.05) is 19.7 Å². The zero-order valence-corrected chi connectivity index (χ0v) is 11.4. The van der Waals surface area contributed by atoms with Crippen LogP contribution in [0.4, 0.5) is 9.18 Å². The lowest BCUT2D eigenvalue weighted by atomic mass is 9.89. The molecular formula is C15H16FNO4. The van der Waals surface area contributed by atoms with E-state index in [4.69, 9.17) is 4.74 Å². The van der Waals surface area contributed by atoms with Gasteiger partial charge in [0.2, 0.25) is 0 Å². The summed E-state index contributed by atoms with van der Waals surface area (Å²) in [6.45, 7) is 3.75. The van der Waals surface area contributed by atoms with Crippen molar-refractivity contribution in [2.24, 2.45) is 5.92 Å². The van der Waals surface area contributed by atoms with Gasteiger partial charge in [-0.25, -0.2) is 9.18 Å². The molecule has 21 heavy (non-hydrogen) atoms. The van der Waals surface area contributed by atoms with Crippen molar-refractivity contribution < 1.29 is 23.8 Å². The van der Waals surface area contributed by atoms with Gasteiger partial charge in [-0.15, -0.1) is 0 Å². The van der Waals surface area contributed by atoms with E-state index in [0.29, 0.717) is 5.56 Å². The van der Waals surface area contributed by atoms with Crippen LogP contribution in [0.25, 0.3) is 0 Å². The number of likely N-dealkylation sites (tertiary alicyclic amines) is 1. The number of carboxylic acid groups (broad SMARTS) is 1. The number of carbonyl (C=O) groups is 2. The Morgan fingerprint density at radius 2 is 2.24 bits per heavy atom. The largest absolute Gasteiger partial charge is 0.481 e. The molecule has 1 aliphatic rings. The maximum atomic E-state index is 13.3. The minimum absolute atomic E-state index is 0.0481. The molecule has 1 aliphatic heterocycles. The van der Waals surface area contributed by atoms with E-state index in [-0.39, 0.29) is 19.7 Å². The standard InChI is InChI=1S/C15H16FNO4/c1-2-6-21-15(20)17-8-12(13(9-17)14(18)19)10-4-3-5-11(16)7-10/h2-5,7,12-13H,1,6,8-9H2,(H,18,19)/t12-,13+/m0/s1. The van der Waals surface area contributed by atoms with Gasteiger partial charge in [0, 0.05) is 19.0 Å². The molecule has 1 saturated heterocycles. The Morgan fingerprint density at radius 3 is 2.86 bits per heavy atom. The minimum Gasteiger partial charge on any atom is -0.481 e. The predicted molar refractivity (Wildman–Crippen MR) is 73.4 cm³/mol. The highest BCUT2D eigenvalue weighted by Crippen LogP contribution is 2.33. The molecule has 5 nitrogen and oxygen atoms in total. The Morgan fingerprint density at radius 1 is 1.48 bits per heavy atom. The highest BCUT2D eigenvalue weighted by molar-refractivity contribution is 5.75. The van der Waals surface area contributed by atoms with Crippen molar-refractivity contribution in [3.8, 4) is 0 Å². The fourth-order valence-electron chi connectivity index (χ4n) is 2.50. The van der Waals surface area contributed by atoms with Crippen molar-refractivity contribution in [1.29, 1.82) is 0 Å². The molecule has 0 spiro atoms. The van der Waals surface area contributed by atoms with E-state index < -0.39 is 29.7 Å². The van der Waals surface area contributed by atoms with Gasteiger partial charge >= 0.3 is 12.1 Å². The topological polar surface area (TPSA) is 66.8 Å². The molecule has 1 aromatic rings. The fourth-order valence-corrected chi connectivity index (χ4v) is 2.50. The normalized spacial score (nSPS) is 21.1. The van der Waals surface area contributed by atoms with E-state index in [1.54, 1.807) is 6.07 Å². The van der Waals surface area contributed by atoms with Gasteiger partial charge in [-0.05, 0) is 17.7 Å². The smallest absolute Gasteiger partial charge is 0.410 e. The molecule has 0 unspecified atom stereocenters. The lowest BCUT2D eigenvalue weighted by molar-refractivity contribution is -0.141. The summed E-state index contributed by atoms with van der Waals surface area (Å²) in [5, 5.41) is 9.30. The maximum absolute atomic E-state index is 13.3. The van der Waals surface area contributed by atoms with Gasteiger partial charge < -0.3 is 14.7 Å². The number of halogens is 1. The van der Waals surface area contributed by atoms with Crippen LogP contribution in [0.1, 0.15) is 11.5 Å². The van der Waals surface area contributed by atoms with Crippen LogP contribution in [-0.4, -0.2) is 41.8 Å². The number of hydrogen-bond donors (Lipinski definition) is 1. The molecule has 0 aromatic heterocycles. The molecule has 1 N–H and O–H groups in total. The van der Waals surface area contributed by atoms with E-state index in [9.17, 15) is 19.1 Å². The van der Waals surface area contributed by atoms with Gasteiger partial charge in [-0.3, -0.25) is 4.79 Å². The predicted octanol–water partition coefficient (Wildman–Crippen LogP) is 2.25. The molecule has 1 heterocycles. The maximum Gasteiger partial charge on any atom is 0.410 e. The molecule has 112 valence electrons. The van der Waals surface area contributed by atoms with Crippen molar-refractivity contribution in [3.05, 3.63) is 48.3 Å². The molecule has 1 fully saturated rings. The second-order valence-electron chi connectivity index (χ2n) is 4.88. The van der Waals surface area contributed by atoms with E-state index in [1.165, 1.54) is 29.2 Å². The third-order valence-electron chi connectivity index (χ3n) is 3.50. The van der Waals surface area contributed by atoms with Crippen molar-refractivity contribution >= 4 is 12.1 Å². The summed E-state index contributed by atoms with van der Waals surface area (Å²) >= 11 is 0. The second-order valence-corrected chi connectivity index (χ2v) is 4.88. The number of benzene rings is 1. The van der Waals surface area contributed by atoms with Crippen LogP contribution in [0.2, 0.25) is 0 Å². The first kappa shape index (κ1) is 15.0. The van der Waals surface area contributed by atoms with E-state index in [0.717, 1.165) is 0 Å². The quantitative estimate of drug-likeness (QED) is 0.865. The summed E-state index contributed by atoms with van der Waals surface area (Å²) in [4.78, 5) is 24.5. The summed E-state index contributed by atoms with van der Waals surface area (Å²) in [6.07, 6.45) is 0.854.